The number of carbonyl (C=O) groups is 1. The minimum absolute atomic E-state index is 0.0675. The fourth-order valence-corrected chi connectivity index (χ4v) is 5.42. The number of hydrogen-bond donors (Lipinski definition) is 2. The van der Waals surface area contributed by atoms with Gasteiger partial charge in [0.25, 0.3) is 5.91 Å². The number of ether oxygens (including phenoxy) is 1. The standard InChI is InChI=1S/C27H35N3O2/c31-27(29-23-6-2-3-7-23)21-9-11-24(12-10-21)30-16-13-22(14-17-30)28-19-26-25-8-4-1-5-20(25)15-18-32-26/h1,4-5,8-12,22-23,26,28H,2-3,6-7,13-19H2,(H,29,31)/t26-/m1/s1. The van der Waals surface area contributed by atoms with Crippen molar-refractivity contribution in [2.24, 2.45) is 0 Å². The third-order valence-corrected chi connectivity index (χ3v) is 7.36. The number of benzene rings is 2. The van der Waals surface area contributed by atoms with E-state index in [2.05, 4.69) is 51.9 Å². The Bertz CT molecular complexity index is 899. The molecular formula is C27H35N3O2. The summed E-state index contributed by atoms with van der Waals surface area (Å²) >= 11 is 0. The predicted molar refractivity (Wildman–Crippen MR) is 128 cm³/mol. The molecule has 2 fully saturated rings. The number of rotatable bonds is 6. The summed E-state index contributed by atoms with van der Waals surface area (Å²) in [7, 11) is 0. The van der Waals surface area contributed by atoms with Gasteiger partial charge in [0, 0.05) is 43.0 Å². The van der Waals surface area contributed by atoms with Gasteiger partial charge in [-0.2, -0.15) is 0 Å². The van der Waals surface area contributed by atoms with Crippen LogP contribution in [0.15, 0.2) is 48.5 Å². The Morgan fingerprint density at radius 2 is 1.69 bits per heavy atom. The normalized spacial score (nSPS) is 22.0. The van der Waals surface area contributed by atoms with E-state index in [1.807, 2.05) is 12.1 Å². The van der Waals surface area contributed by atoms with Crippen LogP contribution in [0.25, 0.3) is 0 Å². The van der Waals surface area contributed by atoms with E-state index in [0.717, 1.165) is 63.9 Å². The lowest BCUT2D eigenvalue weighted by Gasteiger charge is -2.35. The highest BCUT2D eigenvalue weighted by Crippen LogP contribution is 2.27. The van der Waals surface area contributed by atoms with Crippen molar-refractivity contribution in [1.29, 1.82) is 0 Å². The first-order chi connectivity index (χ1) is 15.8. The summed E-state index contributed by atoms with van der Waals surface area (Å²) in [6.07, 6.45) is 8.13. The van der Waals surface area contributed by atoms with Crippen molar-refractivity contribution in [2.75, 3.05) is 31.1 Å². The molecule has 2 N–H and O–H groups in total. The summed E-state index contributed by atoms with van der Waals surface area (Å²) in [5, 5.41) is 6.93. The Morgan fingerprint density at radius 3 is 2.47 bits per heavy atom. The fourth-order valence-electron chi connectivity index (χ4n) is 5.42. The lowest BCUT2D eigenvalue weighted by atomic mass is 9.97. The first-order valence-corrected chi connectivity index (χ1v) is 12.3. The molecule has 170 valence electrons. The molecule has 5 heteroatoms. The maximum atomic E-state index is 12.5. The van der Waals surface area contributed by atoms with Crippen molar-refractivity contribution in [3.63, 3.8) is 0 Å². The number of piperidine rings is 1. The van der Waals surface area contributed by atoms with Gasteiger partial charge in [0.2, 0.25) is 0 Å². The van der Waals surface area contributed by atoms with Crippen LogP contribution in [0, 0.1) is 0 Å². The first-order valence-electron chi connectivity index (χ1n) is 12.3. The highest BCUT2D eigenvalue weighted by atomic mass is 16.5. The van der Waals surface area contributed by atoms with Crippen LogP contribution in [0.5, 0.6) is 0 Å². The quantitative estimate of drug-likeness (QED) is 0.716. The number of amides is 1. The van der Waals surface area contributed by atoms with Crippen molar-refractivity contribution < 1.29 is 9.53 Å². The van der Waals surface area contributed by atoms with E-state index in [-0.39, 0.29) is 12.0 Å². The highest BCUT2D eigenvalue weighted by molar-refractivity contribution is 5.94. The molecule has 1 atom stereocenters. The molecule has 2 aromatic carbocycles. The van der Waals surface area contributed by atoms with Gasteiger partial charge in [-0.1, -0.05) is 37.1 Å². The van der Waals surface area contributed by atoms with E-state index >= 15 is 0 Å². The van der Waals surface area contributed by atoms with Crippen LogP contribution in [0.1, 0.15) is 66.1 Å². The summed E-state index contributed by atoms with van der Waals surface area (Å²) < 4.78 is 6.05. The summed E-state index contributed by atoms with van der Waals surface area (Å²) in [4.78, 5) is 14.9. The van der Waals surface area contributed by atoms with Gasteiger partial charge in [-0.25, -0.2) is 0 Å². The van der Waals surface area contributed by atoms with Crippen molar-refractivity contribution in [3.05, 3.63) is 65.2 Å². The fraction of sp³-hybridized carbons (Fsp3) is 0.519. The van der Waals surface area contributed by atoms with Crippen LogP contribution >= 0.6 is 0 Å². The third-order valence-electron chi connectivity index (χ3n) is 7.36. The van der Waals surface area contributed by atoms with Crippen molar-refractivity contribution >= 4 is 11.6 Å². The molecule has 0 radical (unpaired) electrons. The monoisotopic (exact) mass is 433 g/mol. The largest absolute Gasteiger partial charge is 0.372 e. The summed E-state index contributed by atoms with van der Waals surface area (Å²) in [5.41, 5.74) is 4.76. The molecule has 2 heterocycles. The van der Waals surface area contributed by atoms with E-state index < -0.39 is 0 Å². The van der Waals surface area contributed by atoms with E-state index in [1.54, 1.807) is 0 Å². The summed E-state index contributed by atoms with van der Waals surface area (Å²) in [5.74, 6) is 0.0675. The SMILES string of the molecule is O=C(NC1CCCC1)c1ccc(N2CCC(NC[C@H]3OCCc4ccccc43)CC2)cc1. The second kappa shape index (κ2) is 10.1. The summed E-state index contributed by atoms with van der Waals surface area (Å²) in [6.45, 7) is 3.77. The van der Waals surface area contributed by atoms with E-state index in [0.29, 0.717) is 12.1 Å². The molecule has 32 heavy (non-hydrogen) atoms. The molecule has 1 amide bonds. The Morgan fingerprint density at radius 1 is 0.938 bits per heavy atom. The van der Waals surface area contributed by atoms with Gasteiger partial charge in [-0.05, 0) is 67.5 Å². The second-order valence-corrected chi connectivity index (χ2v) is 9.48. The molecule has 5 nitrogen and oxygen atoms in total. The van der Waals surface area contributed by atoms with E-state index in [1.165, 1.54) is 29.7 Å². The van der Waals surface area contributed by atoms with Crippen LogP contribution < -0.4 is 15.5 Å². The zero-order valence-electron chi connectivity index (χ0n) is 18.9. The van der Waals surface area contributed by atoms with Crippen LogP contribution in [0.4, 0.5) is 5.69 Å². The minimum atomic E-state index is 0.0675. The van der Waals surface area contributed by atoms with Gasteiger partial charge in [0.1, 0.15) is 0 Å². The Kier molecular flexibility index (Phi) is 6.75. The minimum Gasteiger partial charge on any atom is -0.372 e. The lowest BCUT2D eigenvalue weighted by molar-refractivity contribution is 0.0401. The van der Waals surface area contributed by atoms with Crippen LogP contribution in [-0.2, 0) is 11.2 Å². The third kappa shape index (κ3) is 5.00. The molecule has 0 bridgehead atoms. The smallest absolute Gasteiger partial charge is 0.251 e. The molecular weight excluding hydrogens is 398 g/mol. The van der Waals surface area contributed by atoms with Crippen LogP contribution in [0.3, 0.4) is 0 Å². The average Bonchev–Trinajstić information content (AvgIpc) is 3.36. The van der Waals surface area contributed by atoms with Gasteiger partial charge in [0.15, 0.2) is 0 Å². The molecule has 3 aliphatic rings. The zero-order valence-corrected chi connectivity index (χ0v) is 18.9. The Balaban J connectivity index is 1.09. The molecule has 5 rings (SSSR count). The molecule has 1 saturated heterocycles. The predicted octanol–water partition coefficient (Wildman–Crippen LogP) is 4.23. The summed E-state index contributed by atoms with van der Waals surface area (Å²) in [6, 6.07) is 17.7. The molecule has 2 aromatic rings. The van der Waals surface area contributed by atoms with E-state index in [4.69, 9.17) is 4.74 Å². The first kappa shape index (κ1) is 21.5. The lowest BCUT2D eigenvalue weighted by Crippen LogP contribution is -2.44. The van der Waals surface area contributed by atoms with Gasteiger partial charge in [-0.15, -0.1) is 0 Å². The number of carbonyl (C=O) groups excluding carboxylic acids is 1. The van der Waals surface area contributed by atoms with Crippen molar-refractivity contribution in [2.45, 2.75) is 63.1 Å². The molecule has 0 spiro atoms. The van der Waals surface area contributed by atoms with Gasteiger partial charge in [-0.3, -0.25) is 4.79 Å². The average molecular weight is 434 g/mol. The number of nitrogens with one attached hydrogen (secondary N) is 2. The van der Waals surface area contributed by atoms with Crippen molar-refractivity contribution in [3.8, 4) is 0 Å². The maximum absolute atomic E-state index is 12.5. The molecule has 1 saturated carbocycles. The van der Waals surface area contributed by atoms with Gasteiger partial charge in [0.05, 0.1) is 12.7 Å². The highest BCUT2D eigenvalue weighted by Gasteiger charge is 2.24. The number of hydrogen-bond acceptors (Lipinski definition) is 4. The molecule has 2 aliphatic heterocycles. The topological polar surface area (TPSA) is 53.6 Å². The van der Waals surface area contributed by atoms with Gasteiger partial charge < -0.3 is 20.3 Å². The Labute approximate surface area is 191 Å². The molecule has 1 aliphatic carbocycles. The number of nitrogens with zero attached hydrogens (tertiary/aromatic N) is 1. The maximum Gasteiger partial charge on any atom is 0.251 e. The van der Waals surface area contributed by atoms with Crippen LogP contribution in [-0.4, -0.2) is 44.2 Å². The molecule has 0 unspecified atom stereocenters. The number of fused-ring (bicyclic) bond motifs is 1. The zero-order chi connectivity index (χ0) is 21.8. The second-order valence-electron chi connectivity index (χ2n) is 9.48. The van der Waals surface area contributed by atoms with Gasteiger partial charge >= 0.3 is 0 Å². The molecule has 0 aromatic heterocycles. The van der Waals surface area contributed by atoms with E-state index in [9.17, 15) is 4.79 Å². The Hall–Kier alpha value is -2.37. The number of anilines is 1. The van der Waals surface area contributed by atoms with Crippen molar-refractivity contribution in [1.82, 2.24) is 10.6 Å². The van der Waals surface area contributed by atoms with Crippen LogP contribution in [0.2, 0.25) is 0 Å².